The van der Waals surface area contributed by atoms with Crippen molar-refractivity contribution in [3.63, 3.8) is 0 Å². The first-order chi connectivity index (χ1) is 8.95. The van der Waals surface area contributed by atoms with Crippen LogP contribution < -0.4 is 5.32 Å². The summed E-state index contributed by atoms with van der Waals surface area (Å²) in [5, 5.41) is 22.4. The van der Waals surface area contributed by atoms with Crippen LogP contribution in [-0.4, -0.2) is 40.7 Å². The largest absolute Gasteiger partial charge is 0.480 e. The maximum absolute atomic E-state index is 11.0. The van der Waals surface area contributed by atoms with Crippen molar-refractivity contribution >= 4 is 17.5 Å². The number of anilines is 1. The monoisotopic (exact) mass is 269 g/mol. The van der Waals surface area contributed by atoms with E-state index in [9.17, 15) is 14.9 Å². The summed E-state index contributed by atoms with van der Waals surface area (Å²) in [5.74, 6) is -0.749. The second-order valence-corrected chi connectivity index (χ2v) is 3.93. The molecule has 1 rings (SSSR count). The number of aromatic nitrogens is 1. The fraction of sp³-hybridized carbons (Fsp3) is 0.455. The number of nitro groups is 1. The Hall–Kier alpha value is -2.22. The van der Waals surface area contributed by atoms with Crippen LogP contribution in [0.2, 0.25) is 0 Å². The molecular formula is C11H15N3O5. The van der Waals surface area contributed by atoms with Gasteiger partial charge in [-0.3, -0.25) is 10.1 Å². The molecule has 0 aromatic carbocycles. The predicted octanol–water partition coefficient (Wildman–Crippen LogP) is 1.20. The van der Waals surface area contributed by atoms with E-state index in [0.29, 0.717) is 5.56 Å². The Kier molecular flexibility index (Phi) is 5.19. The number of hydrogen-bond acceptors (Lipinski definition) is 6. The Bertz CT molecular complexity index is 477. The van der Waals surface area contributed by atoms with Gasteiger partial charge in [0.25, 0.3) is 5.69 Å². The van der Waals surface area contributed by atoms with E-state index in [1.807, 2.05) is 0 Å². The van der Waals surface area contributed by atoms with E-state index < -0.39 is 16.9 Å². The molecule has 0 bridgehead atoms. The van der Waals surface area contributed by atoms with Crippen molar-refractivity contribution in [2.45, 2.75) is 19.4 Å². The predicted molar refractivity (Wildman–Crippen MR) is 67.2 cm³/mol. The molecule has 0 fully saturated rings. The van der Waals surface area contributed by atoms with E-state index in [2.05, 4.69) is 10.3 Å². The van der Waals surface area contributed by atoms with E-state index in [1.165, 1.54) is 13.2 Å². The zero-order valence-corrected chi connectivity index (χ0v) is 10.6. The van der Waals surface area contributed by atoms with Crippen molar-refractivity contribution in [3.05, 3.63) is 27.9 Å². The fourth-order valence-electron chi connectivity index (χ4n) is 1.49. The van der Waals surface area contributed by atoms with Crippen molar-refractivity contribution in [2.24, 2.45) is 0 Å². The molecule has 1 atom stereocenters. The summed E-state index contributed by atoms with van der Waals surface area (Å²) in [6.07, 6.45) is 1.37. The minimum atomic E-state index is -1.03. The van der Waals surface area contributed by atoms with Crippen LogP contribution in [0.3, 0.4) is 0 Å². The molecule has 0 aliphatic carbocycles. The Balaban J connectivity index is 2.82. The molecule has 0 saturated carbocycles. The van der Waals surface area contributed by atoms with E-state index >= 15 is 0 Å². The molecule has 1 unspecified atom stereocenters. The molecule has 0 aliphatic rings. The first-order valence-corrected chi connectivity index (χ1v) is 5.55. The standard InChI is InChI=1S/C11H15N3O5/c1-7-5-10(12-6-9(7)14(17)18)13-8(11(15)16)3-4-19-2/h5-6,8H,3-4H2,1-2H3,(H,12,13)(H,15,16). The Morgan fingerprint density at radius 1 is 1.68 bits per heavy atom. The summed E-state index contributed by atoms with van der Waals surface area (Å²) in [7, 11) is 1.48. The average Bonchev–Trinajstić information content (AvgIpc) is 2.33. The SMILES string of the molecule is COCCC(Nc1cc(C)c([N+](=O)[O-])cn1)C(=O)O. The third-order valence-corrected chi connectivity index (χ3v) is 2.51. The van der Waals surface area contributed by atoms with Crippen LogP contribution in [0.5, 0.6) is 0 Å². The van der Waals surface area contributed by atoms with Gasteiger partial charge in [0.05, 0.1) is 4.92 Å². The number of hydrogen-bond donors (Lipinski definition) is 2. The highest BCUT2D eigenvalue weighted by Gasteiger charge is 2.19. The Morgan fingerprint density at radius 3 is 2.84 bits per heavy atom. The minimum absolute atomic E-state index is 0.102. The topological polar surface area (TPSA) is 115 Å². The first kappa shape index (κ1) is 14.8. The van der Waals surface area contributed by atoms with Crippen molar-refractivity contribution < 1.29 is 19.6 Å². The van der Waals surface area contributed by atoms with Crippen molar-refractivity contribution in [2.75, 3.05) is 19.0 Å². The second kappa shape index (κ2) is 6.64. The molecule has 19 heavy (non-hydrogen) atoms. The smallest absolute Gasteiger partial charge is 0.326 e. The van der Waals surface area contributed by atoms with Gasteiger partial charge in [-0.25, -0.2) is 9.78 Å². The molecule has 1 heterocycles. The van der Waals surface area contributed by atoms with Gasteiger partial charge >= 0.3 is 5.97 Å². The molecule has 1 aromatic heterocycles. The molecule has 0 amide bonds. The minimum Gasteiger partial charge on any atom is -0.480 e. The lowest BCUT2D eigenvalue weighted by Gasteiger charge is -2.14. The maximum atomic E-state index is 11.0. The van der Waals surface area contributed by atoms with Gasteiger partial charge in [-0.05, 0) is 13.0 Å². The van der Waals surface area contributed by atoms with Gasteiger partial charge in [-0.2, -0.15) is 0 Å². The van der Waals surface area contributed by atoms with Crippen LogP contribution in [0.4, 0.5) is 11.5 Å². The van der Waals surface area contributed by atoms with E-state index in [0.717, 1.165) is 6.20 Å². The summed E-state index contributed by atoms with van der Waals surface area (Å²) in [5.41, 5.74) is 0.313. The van der Waals surface area contributed by atoms with Crippen molar-refractivity contribution in [1.29, 1.82) is 0 Å². The van der Waals surface area contributed by atoms with Crippen LogP contribution in [-0.2, 0) is 9.53 Å². The van der Waals surface area contributed by atoms with Crippen molar-refractivity contribution in [3.8, 4) is 0 Å². The van der Waals surface area contributed by atoms with Gasteiger partial charge in [0.2, 0.25) is 0 Å². The number of ether oxygens (including phenoxy) is 1. The Morgan fingerprint density at radius 2 is 2.37 bits per heavy atom. The number of carboxylic acids is 1. The number of carbonyl (C=O) groups is 1. The molecule has 0 spiro atoms. The number of nitrogens with zero attached hydrogens (tertiary/aromatic N) is 2. The molecule has 1 aromatic rings. The van der Waals surface area contributed by atoms with Crippen LogP contribution in [0.25, 0.3) is 0 Å². The molecular weight excluding hydrogens is 254 g/mol. The molecule has 104 valence electrons. The maximum Gasteiger partial charge on any atom is 0.326 e. The number of rotatable bonds is 7. The summed E-state index contributed by atoms with van der Waals surface area (Å²) in [6, 6.07) is 0.592. The molecule has 8 nitrogen and oxygen atoms in total. The van der Waals surface area contributed by atoms with Gasteiger partial charge in [-0.1, -0.05) is 0 Å². The van der Waals surface area contributed by atoms with Gasteiger partial charge in [0.15, 0.2) is 0 Å². The van der Waals surface area contributed by atoms with Gasteiger partial charge in [0, 0.05) is 25.7 Å². The highest BCUT2D eigenvalue weighted by atomic mass is 16.6. The molecule has 0 aliphatic heterocycles. The molecule has 8 heteroatoms. The quantitative estimate of drug-likeness (QED) is 0.564. The third kappa shape index (κ3) is 4.18. The number of methoxy groups -OCH3 is 1. The summed E-state index contributed by atoms with van der Waals surface area (Å²) >= 11 is 0. The third-order valence-electron chi connectivity index (χ3n) is 2.51. The van der Waals surface area contributed by atoms with Gasteiger partial charge in [-0.15, -0.1) is 0 Å². The summed E-state index contributed by atoms with van der Waals surface area (Å²) < 4.78 is 4.82. The first-order valence-electron chi connectivity index (χ1n) is 5.55. The lowest BCUT2D eigenvalue weighted by molar-refractivity contribution is -0.385. The van der Waals surface area contributed by atoms with Crippen LogP contribution in [0.1, 0.15) is 12.0 Å². The molecule has 0 saturated heterocycles. The van der Waals surface area contributed by atoms with E-state index in [1.54, 1.807) is 6.92 Å². The van der Waals surface area contributed by atoms with Crippen LogP contribution >= 0.6 is 0 Å². The summed E-state index contributed by atoms with van der Waals surface area (Å²) in [6.45, 7) is 1.85. The number of carboxylic acid groups (broad SMARTS) is 1. The molecule has 2 N–H and O–H groups in total. The van der Waals surface area contributed by atoms with E-state index in [4.69, 9.17) is 9.84 Å². The second-order valence-electron chi connectivity index (χ2n) is 3.93. The summed E-state index contributed by atoms with van der Waals surface area (Å²) in [4.78, 5) is 25.0. The highest BCUT2D eigenvalue weighted by Crippen LogP contribution is 2.19. The zero-order valence-electron chi connectivity index (χ0n) is 10.6. The lowest BCUT2D eigenvalue weighted by atomic mass is 10.2. The van der Waals surface area contributed by atoms with Gasteiger partial charge in [0.1, 0.15) is 18.1 Å². The van der Waals surface area contributed by atoms with Gasteiger partial charge < -0.3 is 15.2 Å². The van der Waals surface area contributed by atoms with Crippen LogP contribution in [0.15, 0.2) is 12.3 Å². The van der Waals surface area contributed by atoms with Crippen molar-refractivity contribution in [1.82, 2.24) is 4.98 Å². The number of aliphatic carboxylic acids is 1. The number of nitrogens with one attached hydrogen (secondary N) is 1. The number of pyridine rings is 1. The number of aryl methyl sites for hydroxylation is 1. The fourth-order valence-corrected chi connectivity index (χ4v) is 1.49. The normalized spacial score (nSPS) is 11.9. The highest BCUT2D eigenvalue weighted by molar-refractivity contribution is 5.76. The van der Waals surface area contributed by atoms with Crippen LogP contribution in [0, 0.1) is 17.0 Å². The zero-order chi connectivity index (χ0) is 14.4. The van der Waals surface area contributed by atoms with E-state index in [-0.39, 0.29) is 24.5 Å². The Labute approximate surface area is 109 Å². The molecule has 0 radical (unpaired) electrons. The lowest BCUT2D eigenvalue weighted by Crippen LogP contribution is -2.30. The average molecular weight is 269 g/mol.